The van der Waals surface area contributed by atoms with Gasteiger partial charge in [-0.25, -0.2) is 9.78 Å². The first-order valence-corrected chi connectivity index (χ1v) is 12.0. The first-order valence-electron chi connectivity index (χ1n) is 12.0. The van der Waals surface area contributed by atoms with E-state index in [4.69, 9.17) is 14.2 Å². The summed E-state index contributed by atoms with van der Waals surface area (Å²) < 4.78 is 17.0. The predicted octanol–water partition coefficient (Wildman–Crippen LogP) is 4.56. The predicted molar refractivity (Wildman–Crippen MR) is 136 cm³/mol. The standard InChI is InChI=1S/C28H33N3O4/c1-21(2)35-28(32)25-10-7-13-29-27(25)31-16-14-30(15-17-31)19-23-11-12-24(18-26(23)33-3)34-20-22-8-5-4-6-9-22/h4-13,18,21H,14-17,19-20H2,1-3H3. The monoisotopic (exact) mass is 475 g/mol. The average Bonchev–Trinajstić information content (AvgIpc) is 2.88. The maximum absolute atomic E-state index is 12.5. The van der Waals surface area contributed by atoms with Gasteiger partial charge in [0.1, 0.15) is 29.5 Å². The topological polar surface area (TPSA) is 64.1 Å². The van der Waals surface area contributed by atoms with Gasteiger partial charge in [0, 0.05) is 50.6 Å². The molecule has 0 saturated carbocycles. The minimum Gasteiger partial charge on any atom is -0.496 e. The summed E-state index contributed by atoms with van der Waals surface area (Å²) in [6.07, 6.45) is 1.55. The number of esters is 1. The van der Waals surface area contributed by atoms with Crippen molar-refractivity contribution in [1.82, 2.24) is 9.88 Å². The average molecular weight is 476 g/mol. The van der Waals surface area contributed by atoms with Crippen molar-refractivity contribution in [2.24, 2.45) is 0 Å². The fourth-order valence-electron chi connectivity index (χ4n) is 4.13. The van der Waals surface area contributed by atoms with E-state index in [1.807, 2.05) is 56.3 Å². The molecule has 35 heavy (non-hydrogen) atoms. The Labute approximate surface area is 207 Å². The van der Waals surface area contributed by atoms with Crippen LogP contribution >= 0.6 is 0 Å². The van der Waals surface area contributed by atoms with E-state index >= 15 is 0 Å². The third kappa shape index (κ3) is 6.51. The zero-order chi connectivity index (χ0) is 24.6. The van der Waals surface area contributed by atoms with Crippen molar-refractivity contribution in [2.45, 2.75) is 33.1 Å². The molecule has 1 aliphatic heterocycles. The Hall–Kier alpha value is -3.58. The lowest BCUT2D eigenvalue weighted by molar-refractivity contribution is 0.0378. The van der Waals surface area contributed by atoms with Gasteiger partial charge >= 0.3 is 5.97 Å². The summed E-state index contributed by atoms with van der Waals surface area (Å²) in [5, 5.41) is 0. The molecule has 3 aromatic rings. The van der Waals surface area contributed by atoms with E-state index in [1.54, 1.807) is 25.4 Å². The number of pyridine rings is 1. The van der Waals surface area contributed by atoms with Crippen molar-refractivity contribution in [3.63, 3.8) is 0 Å². The molecule has 7 nitrogen and oxygen atoms in total. The molecule has 0 spiro atoms. The van der Waals surface area contributed by atoms with Crippen molar-refractivity contribution >= 4 is 11.8 Å². The first-order chi connectivity index (χ1) is 17.0. The molecule has 0 N–H and O–H groups in total. The summed E-state index contributed by atoms with van der Waals surface area (Å²) in [6, 6.07) is 19.7. The highest BCUT2D eigenvalue weighted by molar-refractivity contribution is 5.94. The van der Waals surface area contributed by atoms with Crippen LogP contribution in [0.5, 0.6) is 11.5 Å². The number of benzene rings is 2. The zero-order valence-corrected chi connectivity index (χ0v) is 20.6. The highest BCUT2D eigenvalue weighted by Crippen LogP contribution is 2.27. The second-order valence-corrected chi connectivity index (χ2v) is 8.84. The van der Waals surface area contributed by atoms with Gasteiger partial charge in [-0.05, 0) is 37.6 Å². The van der Waals surface area contributed by atoms with Gasteiger partial charge in [0.25, 0.3) is 0 Å². The van der Waals surface area contributed by atoms with E-state index in [0.717, 1.165) is 55.3 Å². The number of anilines is 1. The Morgan fingerprint density at radius 2 is 1.77 bits per heavy atom. The Balaban J connectivity index is 1.35. The second-order valence-electron chi connectivity index (χ2n) is 8.84. The van der Waals surface area contributed by atoms with Gasteiger partial charge in [-0.1, -0.05) is 36.4 Å². The molecule has 0 bridgehead atoms. The number of rotatable bonds is 9. The first kappa shape index (κ1) is 24.5. The highest BCUT2D eigenvalue weighted by atomic mass is 16.5. The minimum atomic E-state index is -0.329. The molecule has 2 heterocycles. The Kier molecular flexibility index (Phi) is 8.21. The number of methoxy groups -OCH3 is 1. The van der Waals surface area contributed by atoms with E-state index < -0.39 is 0 Å². The van der Waals surface area contributed by atoms with Crippen molar-refractivity contribution in [3.8, 4) is 11.5 Å². The van der Waals surface area contributed by atoms with Gasteiger partial charge in [0.15, 0.2) is 0 Å². The van der Waals surface area contributed by atoms with Crippen LogP contribution < -0.4 is 14.4 Å². The van der Waals surface area contributed by atoms with E-state index in [-0.39, 0.29) is 12.1 Å². The van der Waals surface area contributed by atoms with E-state index in [1.165, 1.54) is 0 Å². The SMILES string of the molecule is COc1cc(OCc2ccccc2)ccc1CN1CCN(c2ncccc2C(=O)OC(C)C)CC1. The molecule has 1 aliphatic rings. The van der Waals surface area contributed by atoms with Crippen LogP contribution in [0.3, 0.4) is 0 Å². The summed E-state index contributed by atoms with van der Waals surface area (Å²) in [4.78, 5) is 21.6. The fourth-order valence-corrected chi connectivity index (χ4v) is 4.13. The summed E-state index contributed by atoms with van der Waals surface area (Å²) >= 11 is 0. The van der Waals surface area contributed by atoms with Gasteiger partial charge in [0.05, 0.1) is 13.2 Å². The molecular weight excluding hydrogens is 442 g/mol. The smallest absolute Gasteiger partial charge is 0.342 e. The molecule has 0 aliphatic carbocycles. The lowest BCUT2D eigenvalue weighted by atomic mass is 10.1. The number of hydrogen-bond donors (Lipinski definition) is 0. The van der Waals surface area contributed by atoms with Crippen LogP contribution in [0.15, 0.2) is 66.9 Å². The molecule has 7 heteroatoms. The molecule has 0 unspecified atom stereocenters. The number of hydrogen-bond acceptors (Lipinski definition) is 7. The molecule has 184 valence electrons. The van der Waals surface area contributed by atoms with Crippen LogP contribution in [0.2, 0.25) is 0 Å². The van der Waals surface area contributed by atoms with Crippen molar-refractivity contribution in [2.75, 3.05) is 38.2 Å². The summed E-state index contributed by atoms with van der Waals surface area (Å²) in [6.45, 7) is 8.26. The molecule has 1 aromatic heterocycles. The van der Waals surface area contributed by atoms with Gasteiger partial charge in [-0.2, -0.15) is 0 Å². The summed E-state index contributed by atoms with van der Waals surface area (Å²) in [5.74, 6) is 1.97. The second kappa shape index (κ2) is 11.7. The number of carbonyl (C=O) groups excluding carboxylic acids is 1. The van der Waals surface area contributed by atoms with E-state index in [9.17, 15) is 4.79 Å². The van der Waals surface area contributed by atoms with Gasteiger partial charge in [-0.15, -0.1) is 0 Å². The van der Waals surface area contributed by atoms with E-state index in [0.29, 0.717) is 18.0 Å². The van der Waals surface area contributed by atoms with Crippen LogP contribution in [0.1, 0.15) is 35.3 Å². The molecule has 0 atom stereocenters. The number of nitrogens with zero attached hydrogens (tertiary/aromatic N) is 3. The third-order valence-electron chi connectivity index (χ3n) is 5.92. The number of carbonyl (C=O) groups is 1. The zero-order valence-electron chi connectivity index (χ0n) is 20.6. The number of piperazine rings is 1. The minimum absolute atomic E-state index is 0.169. The van der Waals surface area contributed by atoms with Crippen LogP contribution in [-0.4, -0.2) is 55.2 Å². The van der Waals surface area contributed by atoms with Gasteiger partial charge < -0.3 is 19.1 Å². The van der Waals surface area contributed by atoms with Crippen LogP contribution in [0.4, 0.5) is 5.82 Å². The number of aromatic nitrogens is 1. The number of ether oxygens (including phenoxy) is 3. The Morgan fingerprint density at radius 3 is 2.49 bits per heavy atom. The van der Waals surface area contributed by atoms with Crippen molar-refractivity contribution in [3.05, 3.63) is 83.6 Å². The Bertz CT molecular complexity index is 1110. The van der Waals surface area contributed by atoms with Crippen molar-refractivity contribution in [1.29, 1.82) is 0 Å². The maximum Gasteiger partial charge on any atom is 0.342 e. The molecular formula is C28H33N3O4. The molecule has 0 amide bonds. The quantitative estimate of drug-likeness (QED) is 0.421. The molecule has 1 fully saturated rings. The van der Waals surface area contributed by atoms with E-state index in [2.05, 4.69) is 20.9 Å². The van der Waals surface area contributed by atoms with Crippen LogP contribution in [0.25, 0.3) is 0 Å². The largest absolute Gasteiger partial charge is 0.496 e. The lowest BCUT2D eigenvalue weighted by Gasteiger charge is -2.36. The molecule has 0 radical (unpaired) electrons. The van der Waals surface area contributed by atoms with Gasteiger partial charge in [0.2, 0.25) is 0 Å². The van der Waals surface area contributed by atoms with Crippen molar-refractivity contribution < 1.29 is 19.0 Å². The molecule has 2 aromatic carbocycles. The van der Waals surface area contributed by atoms with Crippen LogP contribution in [-0.2, 0) is 17.9 Å². The Morgan fingerprint density at radius 1 is 1.00 bits per heavy atom. The summed E-state index contributed by atoms with van der Waals surface area (Å²) in [5.41, 5.74) is 2.76. The van der Waals surface area contributed by atoms with Gasteiger partial charge in [-0.3, -0.25) is 4.90 Å². The molecule has 4 rings (SSSR count). The summed E-state index contributed by atoms with van der Waals surface area (Å²) in [7, 11) is 1.69. The highest BCUT2D eigenvalue weighted by Gasteiger charge is 2.24. The lowest BCUT2D eigenvalue weighted by Crippen LogP contribution is -2.46. The maximum atomic E-state index is 12.5. The fraction of sp³-hybridized carbons (Fsp3) is 0.357. The third-order valence-corrected chi connectivity index (χ3v) is 5.92. The molecule has 1 saturated heterocycles. The van der Waals surface area contributed by atoms with Crippen LogP contribution in [0, 0.1) is 0 Å². The normalized spacial score (nSPS) is 14.1.